The molecule has 1 atom stereocenters. The van der Waals surface area contributed by atoms with Crippen molar-refractivity contribution in [3.8, 4) is 11.8 Å². The van der Waals surface area contributed by atoms with Crippen molar-refractivity contribution in [1.82, 2.24) is 5.32 Å². The number of nitrogens with two attached hydrogens (primary N) is 1. The first-order chi connectivity index (χ1) is 6.33. The van der Waals surface area contributed by atoms with Crippen LogP contribution in [-0.2, 0) is 4.74 Å². The second-order valence-electron chi connectivity index (χ2n) is 3.42. The normalized spacial score (nSPS) is 27.8. The summed E-state index contributed by atoms with van der Waals surface area (Å²) in [6.07, 6.45) is 2.18. The number of ether oxygens (including phenoxy) is 1. The van der Waals surface area contributed by atoms with Crippen molar-refractivity contribution in [2.45, 2.75) is 25.3 Å². The molecule has 1 aliphatic heterocycles. The lowest BCUT2D eigenvalue weighted by molar-refractivity contribution is 0.0260. The number of hydrogen-bond donors (Lipinski definition) is 2. The van der Waals surface area contributed by atoms with Crippen molar-refractivity contribution in [1.29, 1.82) is 0 Å². The van der Waals surface area contributed by atoms with E-state index in [9.17, 15) is 0 Å². The molecule has 0 bridgehead atoms. The van der Waals surface area contributed by atoms with E-state index in [1.165, 1.54) is 0 Å². The van der Waals surface area contributed by atoms with Crippen LogP contribution < -0.4 is 11.1 Å². The Morgan fingerprint density at radius 3 is 3.00 bits per heavy atom. The molecule has 0 radical (unpaired) electrons. The summed E-state index contributed by atoms with van der Waals surface area (Å²) >= 11 is 0. The van der Waals surface area contributed by atoms with Gasteiger partial charge in [-0.1, -0.05) is 5.92 Å². The maximum absolute atomic E-state index is 5.73. The van der Waals surface area contributed by atoms with Crippen molar-refractivity contribution >= 4 is 0 Å². The average Bonchev–Trinajstić information content (AvgIpc) is 2.20. The highest BCUT2D eigenvalue weighted by Gasteiger charge is 2.30. The average molecular weight is 182 g/mol. The van der Waals surface area contributed by atoms with E-state index in [0.29, 0.717) is 13.1 Å². The first kappa shape index (κ1) is 10.5. The zero-order valence-electron chi connectivity index (χ0n) is 8.23. The van der Waals surface area contributed by atoms with Gasteiger partial charge in [0.2, 0.25) is 0 Å². The van der Waals surface area contributed by atoms with Crippen LogP contribution in [0.4, 0.5) is 0 Å². The van der Waals surface area contributed by atoms with E-state index in [4.69, 9.17) is 10.5 Å². The maximum Gasteiger partial charge on any atom is 0.0660 e. The lowest BCUT2D eigenvalue weighted by Gasteiger charge is -2.36. The Labute approximate surface area is 80.0 Å². The minimum Gasteiger partial charge on any atom is -0.379 e. The number of nitrogens with one attached hydrogen (secondary N) is 1. The van der Waals surface area contributed by atoms with Gasteiger partial charge in [-0.05, 0) is 19.8 Å². The molecule has 0 amide bonds. The summed E-state index contributed by atoms with van der Waals surface area (Å²) in [4.78, 5) is 0. The van der Waals surface area contributed by atoms with Crippen LogP contribution in [0.15, 0.2) is 0 Å². The lowest BCUT2D eigenvalue weighted by Crippen LogP contribution is -2.56. The van der Waals surface area contributed by atoms with E-state index in [0.717, 1.165) is 26.1 Å². The molecule has 74 valence electrons. The van der Waals surface area contributed by atoms with Crippen molar-refractivity contribution < 1.29 is 4.74 Å². The highest BCUT2D eigenvalue weighted by molar-refractivity contribution is 5.01. The lowest BCUT2D eigenvalue weighted by atomic mass is 9.92. The van der Waals surface area contributed by atoms with Gasteiger partial charge >= 0.3 is 0 Å². The van der Waals surface area contributed by atoms with E-state index < -0.39 is 0 Å². The number of hydrogen-bond acceptors (Lipinski definition) is 3. The predicted molar refractivity (Wildman–Crippen MR) is 53.3 cm³/mol. The third-order valence-electron chi connectivity index (χ3n) is 2.44. The Kier molecular flexibility index (Phi) is 4.23. The van der Waals surface area contributed by atoms with Crippen LogP contribution in [0.5, 0.6) is 0 Å². The zero-order chi connectivity index (χ0) is 9.57. The van der Waals surface area contributed by atoms with Crippen LogP contribution >= 0.6 is 0 Å². The third kappa shape index (κ3) is 3.00. The molecule has 13 heavy (non-hydrogen) atoms. The van der Waals surface area contributed by atoms with Crippen molar-refractivity contribution in [3.63, 3.8) is 0 Å². The van der Waals surface area contributed by atoms with Gasteiger partial charge in [0.1, 0.15) is 0 Å². The van der Waals surface area contributed by atoms with Crippen LogP contribution in [0, 0.1) is 11.8 Å². The van der Waals surface area contributed by atoms with Crippen LogP contribution in [0.2, 0.25) is 0 Å². The topological polar surface area (TPSA) is 47.3 Å². The second kappa shape index (κ2) is 5.23. The fraction of sp³-hybridized carbons (Fsp3) is 0.800. The molecule has 1 saturated heterocycles. The fourth-order valence-electron chi connectivity index (χ4n) is 1.54. The molecule has 1 unspecified atom stereocenters. The van der Waals surface area contributed by atoms with Gasteiger partial charge in [0, 0.05) is 13.2 Å². The van der Waals surface area contributed by atoms with Crippen molar-refractivity contribution in [2.75, 3.05) is 26.3 Å². The molecule has 1 aliphatic rings. The number of rotatable bonds is 3. The Balaban J connectivity index is 2.41. The van der Waals surface area contributed by atoms with Crippen LogP contribution in [0.1, 0.15) is 19.8 Å². The predicted octanol–water partition coefficient (Wildman–Crippen LogP) is 0.107. The Hall–Kier alpha value is -0.560. The molecule has 1 fully saturated rings. The first-order valence-corrected chi connectivity index (χ1v) is 4.75. The highest BCUT2D eigenvalue weighted by Crippen LogP contribution is 2.17. The van der Waals surface area contributed by atoms with E-state index >= 15 is 0 Å². The smallest absolute Gasteiger partial charge is 0.0660 e. The Morgan fingerprint density at radius 2 is 2.46 bits per heavy atom. The van der Waals surface area contributed by atoms with Gasteiger partial charge in [0.05, 0.1) is 18.7 Å². The summed E-state index contributed by atoms with van der Waals surface area (Å²) < 4.78 is 5.42. The minimum absolute atomic E-state index is 0.0257. The van der Waals surface area contributed by atoms with Gasteiger partial charge < -0.3 is 10.5 Å². The third-order valence-corrected chi connectivity index (χ3v) is 2.44. The van der Waals surface area contributed by atoms with Gasteiger partial charge in [-0.2, -0.15) is 0 Å². The van der Waals surface area contributed by atoms with Crippen LogP contribution in [0.3, 0.4) is 0 Å². The van der Waals surface area contributed by atoms with Crippen LogP contribution in [0.25, 0.3) is 0 Å². The quantitative estimate of drug-likeness (QED) is 0.609. The molecule has 1 rings (SSSR count). The summed E-state index contributed by atoms with van der Waals surface area (Å²) in [7, 11) is 0. The van der Waals surface area contributed by atoms with Gasteiger partial charge in [0.25, 0.3) is 0 Å². The van der Waals surface area contributed by atoms with E-state index in [1.807, 2.05) is 6.92 Å². The molecule has 0 aromatic rings. The molecule has 0 spiro atoms. The van der Waals surface area contributed by atoms with E-state index in [2.05, 4.69) is 17.2 Å². The molecule has 3 heteroatoms. The standard InChI is InChI=1S/C10H18N2O/c1-2-3-6-12-10(8-11)5-4-7-13-9-10/h12H,4-9,11H2,1H3. The molecule has 1 heterocycles. The molecule has 3 nitrogen and oxygen atoms in total. The largest absolute Gasteiger partial charge is 0.379 e. The van der Waals surface area contributed by atoms with E-state index in [1.54, 1.807) is 0 Å². The van der Waals surface area contributed by atoms with Gasteiger partial charge in [0.15, 0.2) is 0 Å². The molecule has 0 aromatic carbocycles. The Bertz CT molecular complexity index is 199. The summed E-state index contributed by atoms with van der Waals surface area (Å²) in [6, 6.07) is 0. The summed E-state index contributed by atoms with van der Waals surface area (Å²) in [5.41, 5.74) is 5.70. The van der Waals surface area contributed by atoms with Gasteiger partial charge in [-0.3, -0.25) is 5.32 Å². The fourth-order valence-corrected chi connectivity index (χ4v) is 1.54. The highest BCUT2D eigenvalue weighted by atomic mass is 16.5. The summed E-state index contributed by atoms with van der Waals surface area (Å²) in [6.45, 7) is 4.75. The SMILES string of the molecule is CC#CCNC1(CN)CCCOC1. The summed E-state index contributed by atoms with van der Waals surface area (Å²) in [5.74, 6) is 5.84. The monoisotopic (exact) mass is 182 g/mol. The maximum atomic E-state index is 5.73. The molecular weight excluding hydrogens is 164 g/mol. The van der Waals surface area contributed by atoms with Gasteiger partial charge in [-0.25, -0.2) is 0 Å². The molecular formula is C10H18N2O. The van der Waals surface area contributed by atoms with E-state index in [-0.39, 0.29) is 5.54 Å². The van der Waals surface area contributed by atoms with Crippen LogP contribution in [-0.4, -0.2) is 31.8 Å². The molecule has 0 aromatic heterocycles. The second-order valence-corrected chi connectivity index (χ2v) is 3.42. The van der Waals surface area contributed by atoms with Crippen molar-refractivity contribution in [2.24, 2.45) is 5.73 Å². The molecule has 0 saturated carbocycles. The molecule has 3 N–H and O–H groups in total. The Morgan fingerprint density at radius 1 is 1.62 bits per heavy atom. The van der Waals surface area contributed by atoms with Crippen molar-refractivity contribution in [3.05, 3.63) is 0 Å². The molecule has 0 aliphatic carbocycles. The first-order valence-electron chi connectivity index (χ1n) is 4.75. The summed E-state index contributed by atoms with van der Waals surface area (Å²) in [5, 5.41) is 3.36. The zero-order valence-corrected chi connectivity index (χ0v) is 8.23. The van der Waals surface area contributed by atoms with Gasteiger partial charge in [-0.15, -0.1) is 5.92 Å². The minimum atomic E-state index is -0.0257.